The van der Waals surface area contributed by atoms with Crippen molar-refractivity contribution in [2.24, 2.45) is 0 Å². The van der Waals surface area contributed by atoms with E-state index in [1.807, 2.05) is 41.5 Å². The van der Waals surface area contributed by atoms with Crippen molar-refractivity contribution in [3.63, 3.8) is 0 Å². The second kappa shape index (κ2) is 12.6. The first kappa shape index (κ1) is 25.9. The molecule has 0 unspecified atom stereocenters. The molecule has 0 atom stereocenters. The van der Waals surface area contributed by atoms with Crippen molar-refractivity contribution in [3.8, 4) is 9.75 Å². The highest BCUT2D eigenvalue weighted by Gasteiger charge is 2.45. The smallest absolute Gasteiger partial charge is 0.370 e. The Morgan fingerprint density at radius 1 is 0.533 bits per heavy atom. The first-order valence-electron chi connectivity index (χ1n) is 10.6. The highest BCUT2D eigenvalue weighted by Crippen LogP contribution is 2.30. The van der Waals surface area contributed by atoms with Gasteiger partial charge in [-0.1, -0.05) is 0 Å². The second-order valence-electron chi connectivity index (χ2n) is 6.11. The van der Waals surface area contributed by atoms with Crippen LogP contribution in [0.2, 0.25) is 0 Å². The zero-order valence-corrected chi connectivity index (χ0v) is 22.5. The fourth-order valence-corrected chi connectivity index (χ4v) is 11.0. The predicted octanol–water partition coefficient (Wildman–Crippen LogP) is 3.99. The molecule has 0 aliphatic carbocycles. The van der Waals surface area contributed by atoms with Crippen molar-refractivity contribution in [2.75, 3.05) is 39.6 Å². The summed E-state index contributed by atoms with van der Waals surface area (Å²) in [5.74, 6) is 0. The van der Waals surface area contributed by atoms with E-state index in [-0.39, 0.29) is 0 Å². The Balaban J connectivity index is 2.38. The summed E-state index contributed by atoms with van der Waals surface area (Å²) in [6, 6.07) is 4.28. The molecule has 0 saturated carbocycles. The molecular weight excluding hydrogens is 457 g/mol. The Hall–Kier alpha value is -0.406. The molecule has 0 radical (unpaired) electrons. The molecule has 0 bridgehead atoms. The maximum Gasteiger partial charge on any atom is 0.538 e. The highest BCUT2D eigenvalue weighted by molar-refractivity contribution is 7.21. The summed E-state index contributed by atoms with van der Waals surface area (Å²) in [5.41, 5.74) is 0. The monoisotopic (exact) mass is 490 g/mol. The van der Waals surface area contributed by atoms with Gasteiger partial charge in [-0.05, 0) is 64.4 Å². The Morgan fingerprint density at radius 3 is 1.03 bits per heavy atom. The fraction of sp³-hybridized carbons (Fsp3) is 0.600. The minimum absolute atomic E-state index is 0.547. The van der Waals surface area contributed by atoms with Gasteiger partial charge in [-0.25, -0.2) is 0 Å². The van der Waals surface area contributed by atoms with Gasteiger partial charge in [0.2, 0.25) is 0 Å². The molecule has 0 aliphatic rings. The van der Waals surface area contributed by atoms with Crippen LogP contribution >= 0.6 is 22.7 Å². The molecule has 0 fully saturated rings. The fourth-order valence-electron chi connectivity index (χ4n) is 3.14. The molecule has 0 aromatic carbocycles. The topological polar surface area (TPSA) is 55.4 Å². The van der Waals surface area contributed by atoms with E-state index in [0.717, 1.165) is 20.1 Å². The third kappa shape index (κ3) is 5.88. The summed E-state index contributed by atoms with van der Waals surface area (Å²) < 4.78 is 36.3. The van der Waals surface area contributed by atoms with Crippen molar-refractivity contribution in [1.82, 2.24) is 0 Å². The van der Waals surface area contributed by atoms with Crippen LogP contribution in [0, 0.1) is 0 Å². The lowest BCUT2D eigenvalue weighted by Crippen LogP contribution is -2.56. The Bertz CT molecular complexity index is 655. The molecule has 0 amide bonds. The van der Waals surface area contributed by atoms with Crippen LogP contribution in [0.15, 0.2) is 22.9 Å². The van der Waals surface area contributed by atoms with Gasteiger partial charge in [0.1, 0.15) is 0 Å². The van der Waals surface area contributed by atoms with Crippen molar-refractivity contribution in [1.29, 1.82) is 0 Å². The van der Waals surface area contributed by atoms with Gasteiger partial charge in [0.05, 0.1) is 0 Å². The molecule has 6 nitrogen and oxygen atoms in total. The summed E-state index contributed by atoms with van der Waals surface area (Å²) in [7, 11) is -5.80. The molecule has 2 aromatic heterocycles. The summed E-state index contributed by atoms with van der Waals surface area (Å²) in [6.07, 6.45) is 0. The van der Waals surface area contributed by atoms with Crippen LogP contribution in [-0.4, -0.2) is 57.3 Å². The first-order valence-corrected chi connectivity index (χ1v) is 15.8. The Morgan fingerprint density at radius 2 is 0.800 bits per heavy atom. The van der Waals surface area contributed by atoms with Crippen molar-refractivity contribution >= 4 is 50.7 Å². The van der Waals surface area contributed by atoms with E-state index < -0.39 is 17.6 Å². The number of hydrogen-bond donors (Lipinski definition) is 0. The van der Waals surface area contributed by atoms with E-state index in [9.17, 15) is 0 Å². The average Bonchev–Trinajstić information content (AvgIpc) is 3.39. The molecular formula is C20H34O6S2Si2. The van der Waals surface area contributed by atoms with E-state index >= 15 is 0 Å². The van der Waals surface area contributed by atoms with Gasteiger partial charge in [-0.3, -0.25) is 0 Å². The standard InChI is InChI=1S/C20H34O6S2Si2/c1-7-21-29(22-8-2,23-9-3)17-13-19(27-15-17)20-14-18(16-28-20)30(24-10-4,25-11-5)26-12-6/h13-16H,7-12H2,1-6H3. The van der Waals surface area contributed by atoms with Crippen LogP contribution in [0.4, 0.5) is 0 Å². The summed E-state index contributed by atoms with van der Waals surface area (Å²) in [5, 5.41) is 6.21. The van der Waals surface area contributed by atoms with Crippen LogP contribution in [0.25, 0.3) is 9.75 Å². The van der Waals surface area contributed by atoms with Crippen LogP contribution in [0.5, 0.6) is 0 Å². The maximum absolute atomic E-state index is 6.05. The van der Waals surface area contributed by atoms with Gasteiger partial charge in [0, 0.05) is 59.8 Å². The second-order valence-corrected chi connectivity index (χ2v) is 13.0. The largest absolute Gasteiger partial charge is 0.538 e. The van der Waals surface area contributed by atoms with Gasteiger partial charge >= 0.3 is 17.6 Å². The molecule has 0 saturated heterocycles. The van der Waals surface area contributed by atoms with E-state index in [0.29, 0.717) is 39.6 Å². The van der Waals surface area contributed by atoms with Crippen molar-refractivity contribution in [2.45, 2.75) is 41.5 Å². The summed E-state index contributed by atoms with van der Waals surface area (Å²) >= 11 is 3.34. The maximum atomic E-state index is 6.05. The molecule has 2 heterocycles. The molecule has 2 aromatic rings. The van der Waals surface area contributed by atoms with E-state index in [1.165, 1.54) is 0 Å². The van der Waals surface area contributed by atoms with E-state index in [2.05, 4.69) is 22.9 Å². The Kier molecular flexibility index (Phi) is 10.8. The molecule has 2 rings (SSSR count). The van der Waals surface area contributed by atoms with Gasteiger partial charge < -0.3 is 26.6 Å². The quantitative estimate of drug-likeness (QED) is 0.352. The highest BCUT2D eigenvalue weighted by atomic mass is 32.1. The lowest BCUT2D eigenvalue weighted by Gasteiger charge is -2.27. The summed E-state index contributed by atoms with van der Waals surface area (Å²) in [6.45, 7) is 15.1. The molecule has 170 valence electrons. The van der Waals surface area contributed by atoms with Gasteiger partial charge in [-0.2, -0.15) is 0 Å². The molecule has 10 heteroatoms. The van der Waals surface area contributed by atoms with Crippen LogP contribution in [0.3, 0.4) is 0 Å². The zero-order chi connectivity index (χ0) is 22.0. The van der Waals surface area contributed by atoms with Crippen LogP contribution in [-0.2, 0) is 26.6 Å². The Labute approximate surface area is 190 Å². The van der Waals surface area contributed by atoms with Crippen LogP contribution in [0.1, 0.15) is 41.5 Å². The number of rotatable bonds is 15. The molecule has 0 aliphatic heterocycles. The number of thiophene rings is 2. The van der Waals surface area contributed by atoms with Crippen molar-refractivity contribution in [3.05, 3.63) is 22.9 Å². The van der Waals surface area contributed by atoms with Crippen LogP contribution < -0.4 is 10.4 Å². The molecule has 30 heavy (non-hydrogen) atoms. The molecule has 0 N–H and O–H groups in total. The van der Waals surface area contributed by atoms with Gasteiger partial charge in [0.25, 0.3) is 0 Å². The predicted molar refractivity (Wildman–Crippen MR) is 128 cm³/mol. The lowest BCUT2D eigenvalue weighted by molar-refractivity contribution is 0.0852. The zero-order valence-electron chi connectivity index (χ0n) is 18.8. The van der Waals surface area contributed by atoms with Gasteiger partial charge in [0.15, 0.2) is 0 Å². The average molecular weight is 491 g/mol. The minimum atomic E-state index is -2.90. The van der Waals surface area contributed by atoms with Crippen molar-refractivity contribution < 1.29 is 26.6 Å². The molecule has 0 spiro atoms. The van der Waals surface area contributed by atoms with E-state index in [1.54, 1.807) is 22.7 Å². The third-order valence-electron chi connectivity index (χ3n) is 4.16. The lowest BCUT2D eigenvalue weighted by atomic mass is 10.4. The van der Waals surface area contributed by atoms with Gasteiger partial charge in [-0.15, -0.1) is 22.7 Å². The minimum Gasteiger partial charge on any atom is -0.370 e. The number of hydrogen-bond acceptors (Lipinski definition) is 8. The SMILES string of the molecule is CCO[Si](OCC)(OCC)c1csc(-c2cc([Si](OCC)(OCC)OCC)cs2)c1. The third-order valence-corrected chi connectivity index (χ3v) is 12.6. The summed E-state index contributed by atoms with van der Waals surface area (Å²) in [4.78, 5) is 2.29. The van der Waals surface area contributed by atoms with E-state index in [4.69, 9.17) is 26.6 Å². The normalized spacial score (nSPS) is 12.6. The first-order chi connectivity index (χ1) is 14.5.